The van der Waals surface area contributed by atoms with Crippen molar-refractivity contribution in [3.8, 4) is 11.5 Å². The minimum absolute atomic E-state index is 0.0264. The van der Waals surface area contributed by atoms with E-state index in [4.69, 9.17) is 9.47 Å². The zero-order valence-electron chi connectivity index (χ0n) is 22.2. The molecule has 0 saturated heterocycles. The second-order valence-corrected chi connectivity index (χ2v) is 10.5. The summed E-state index contributed by atoms with van der Waals surface area (Å²) >= 11 is 0. The number of nitrogens with zero attached hydrogens (tertiary/aromatic N) is 2. The molecule has 0 unspecified atom stereocenters. The Bertz CT molecular complexity index is 1360. The van der Waals surface area contributed by atoms with Gasteiger partial charge in [-0.3, -0.25) is 13.9 Å². The Morgan fingerprint density at radius 1 is 0.921 bits per heavy atom. The highest BCUT2D eigenvalue weighted by Gasteiger charge is 2.33. The molecule has 0 radical (unpaired) electrons. The molecule has 0 aliphatic heterocycles. The maximum Gasteiger partial charge on any atom is 0.264 e. The molecule has 0 fully saturated rings. The number of nitrogens with one attached hydrogen (secondary N) is 1. The third-order valence-electron chi connectivity index (χ3n) is 6.17. The van der Waals surface area contributed by atoms with Crippen LogP contribution in [0.1, 0.15) is 18.1 Å². The molecular formula is C28H33N3O6S. The van der Waals surface area contributed by atoms with Crippen LogP contribution in [0.5, 0.6) is 11.5 Å². The Balaban J connectivity index is 2.06. The molecule has 0 aliphatic carbocycles. The summed E-state index contributed by atoms with van der Waals surface area (Å²) in [5, 5.41) is 2.57. The fourth-order valence-corrected chi connectivity index (χ4v) is 5.33. The average Bonchev–Trinajstić information content (AvgIpc) is 2.94. The van der Waals surface area contributed by atoms with Crippen molar-refractivity contribution in [1.29, 1.82) is 0 Å². The van der Waals surface area contributed by atoms with Crippen molar-refractivity contribution in [3.05, 3.63) is 83.9 Å². The lowest BCUT2D eigenvalue weighted by molar-refractivity contribution is -0.139. The molecule has 1 atom stereocenters. The van der Waals surface area contributed by atoms with Crippen molar-refractivity contribution in [2.75, 3.05) is 32.1 Å². The van der Waals surface area contributed by atoms with Gasteiger partial charge in [-0.25, -0.2) is 8.42 Å². The molecular weight excluding hydrogens is 506 g/mol. The first-order valence-corrected chi connectivity index (χ1v) is 13.4. The first-order valence-electron chi connectivity index (χ1n) is 12.0. The van der Waals surface area contributed by atoms with Crippen LogP contribution in [-0.4, -0.2) is 59.0 Å². The summed E-state index contributed by atoms with van der Waals surface area (Å²) in [5.41, 5.74) is 2.06. The van der Waals surface area contributed by atoms with Crippen molar-refractivity contribution >= 4 is 27.5 Å². The standard InChI is InChI=1S/C28H33N3O6S/c1-20-10-12-22(13-11-20)18-30(21(2)28(33)29-3)27(32)19-31(25-8-6-7-9-26(25)37-5)38(34,35)24-16-14-23(36-4)15-17-24/h6-17,21H,18-19H2,1-5H3,(H,29,33)/t21-/m0/s1. The van der Waals surface area contributed by atoms with E-state index < -0.39 is 28.5 Å². The number of amides is 2. The molecule has 1 N–H and O–H groups in total. The zero-order valence-corrected chi connectivity index (χ0v) is 23.0. The summed E-state index contributed by atoms with van der Waals surface area (Å²) in [6.07, 6.45) is 0. The zero-order chi connectivity index (χ0) is 27.9. The normalized spacial score (nSPS) is 11.8. The number of carbonyl (C=O) groups excluding carboxylic acids is 2. The van der Waals surface area contributed by atoms with Gasteiger partial charge >= 0.3 is 0 Å². The van der Waals surface area contributed by atoms with Gasteiger partial charge in [0.15, 0.2) is 0 Å². The van der Waals surface area contributed by atoms with E-state index in [1.807, 2.05) is 31.2 Å². The number of anilines is 1. The fraction of sp³-hybridized carbons (Fsp3) is 0.286. The largest absolute Gasteiger partial charge is 0.497 e. The van der Waals surface area contributed by atoms with E-state index in [9.17, 15) is 18.0 Å². The highest BCUT2D eigenvalue weighted by molar-refractivity contribution is 7.92. The summed E-state index contributed by atoms with van der Waals surface area (Å²) in [4.78, 5) is 27.7. The van der Waals surface area contributed by atoms with Crippen LogP contribution in [0.2, 0.25) is 0 Å². The number of likely N-dealkylation sites (N-methyl/N-ethyl adjacent to an activating group) is 1. The maximum absolute atomic E-state index is 13.9. The van der Waals surface area contributed by atoms with E-state index in [-0.39, 0.29) is 28.8 Å². The van der Waals surface area contributed by atoms with Crippen molar-refractivity contribution in [2.45, 2.75) is 31.3 Å². The van der Waals surface area contributed by atoms with Gasteiger partial charge in [0.1, 0.15) is 24.1 Å². The van der Waals surface area contributed by atoms with Crippen LogP contribution in [0.15, 0.2) is 77.7 Å². The molecule has 0 aromatic heterocycles. The summed E-state index contributed by atoms with van der Waals surface area (Å²) in [5.74, 6) is -0.147. The lowest BCUT2D eigenvalue weighted by Crippen LogP contribution is -2.50. The van der Waals surface area contributed by atoms with E-state index in [2.05, 4.69) is 5.32 Å². The topological polar surface area (TPSA) is 105 Å². The van der Waals surface area contributed by atoms with E-state index in [0.717, 1.165) is 15.4 Å². The minimum atomic E-state index is -4.22. The lowest BCUT2D eigenvalue weighted by Gasteiger charge is -2.32. The number of benzene rings is 3. The third kappa shape index (κ3) is 6.44. The first kappa shape index (κ1) is 28.5. The number of hydrogen-bond donors (Lipinski definition) is 1. The van der Waals surface area contributed by atoms with Crippen LogP contribution in [0.4, 0.5) is 5.69 Å². The van der Waals surface area contributed by atoms with Crippen LogP contribution >= 0.6 is 0 Å². The predicted molar refractivity (Wildman–Crippen MR) is 146 cm³/mol. The highest BCUT2D eigenvalue weighted by Crippen LogP contribution is 2.33. The number of ether oxygens (including phenoxy) is 2. The first-order chi connectivity index (χ1) is 18.1. The molecule has 0 spiro atoms. The van der Waals surface area contributed by atoms with Gasteiger partial charge in [0.05, 0.1) is 24.8 Å². The van der Waals surface area contributed by atoms with E-state index in [0.29, 0.717) is 5.75 Å². The van der Waals surface area contributed by atoms with Gasteiger partial charge < -0.3 is 19.7 Å². The summed E-state index contributed by atoms with van der Waals surface area (Å²) in [6, 6.07) is 19.2. The molecule has 2 amide bonds. The number of hydrogen-bond acceptors (Lipinski definition) is 6. The smallest absolute Gasteiger partial charge is 0.264 e. The monoisotopic (exact) mass is 539 g/mol. The molecule has 3 aromatic rings. The van der Waals surface area contributed by atoms with Crippen molar-refractivity contribution in [3.63, 3.8) is 0 Å². The van der Waals surface area contributed by atoms with Crippen molar-refractivity contribution in [2.24, 2.45) is 0 Å². The second kappa shape index (κ2) is 12.5. The number of methoxy groups -OCH3 is 2. The summed E-state index contributed by atoms with van der Waals surface area (Å²) < 4.78 is 39.4. The van der Waals surface area contributed by atoms with Crippen LogP contribution in [0.25, 0.3) is 0 Å². The molecule has 38 heavy (non-hydrogen) atoms. The third-order valence-corrected chi connectivity index (χ3v) is 7.94. The van der Waals surface area contributed by atoms with Gasteiger partial charge in [-0.05, 0) is 55.8 Å². The number of aryl methyl sites for hydroxylation is 1. The van der Waals surface area contributed by atoms with Crippen molar-refractivity contribution < 1.29 is 27.5 Å². The van der Waals surface area contributed by atoms with Gasteiger partial charge in [0, 0.05) is 13.6 Å². The molecule has 0 heterocycles. The summed E-state index contributed by atoms with van der Waals surface area (Å²) in [6.45, 7) is 3.13. The SMILES string of the molecule is CNC(=O)[C@H](C)N(Cc1ccc(C)cc1)C(=O)CN(c1ccccc1OC)S(=O)(=O)c1ccc(OC)cc1. The van der Waals surface area contributed by atoms with E-state index in [1.54, 1.807) is 31.2 Å². The molecule has 0 bridgehead atoms. The van der Waals surface area contributed by atoms with E-state index >= 15 is 0 Å². The minimum Gasteiger partial charge on any atom is -0.497 e. The van der Waals surface area contributed by atoms with Crippen LogP contribution in [0, 0.1) is 6.92 Å². The predicted octanol–water partition coefficient (Wildman–Crippen LogP) is 3.37. The van der Waals surface area contributed by atoms with Gasteiger partial charge in [-0.2, -0.15) is 0 Å². The highest BCUT2D eigenvalue weighted by atomic mass is 32.2. The maximum atomic E-state index is 13.9. The fourth-order valence-electron chi connectivity index (χ4n) is 3.91. The number of sulfonamides is 1. The number of rotatable bonds is 11. The number of para-hydroxylation sites is 2. The van der Waals surface area contributed by atoms with Gasteiger partial charge in [0.2, 0.25) is 11.8 Å². The van der Waals surface area contributed by atoms with Crippen LogP contribution < -0.4 is 19.1 Å². The molecule has 202 valence electrons. The van der Waals surface area contributed by atoms with Gasteiger partial charge in [0.25, 0.3) is 10.0 Å². The van der Waals surface area contributed by atoms with Gasteiger partial charge in [-0.1, -0.05) is 42.0 Å². The second-order valence-electron chi connectivity index (χ2n) is 8.66. The van der Waals surface area contributed by atoms with Gasteiger partial charge in [-0.15, -0.1) is 0 Å². The molecule has 0 saturated carbocycles. The Kier molecular flexibility index (Phi) is 9.35. The van der Waals surface area contributed by atoms with Crippen LogP contribution in [0.3, 0.4) is 0 Å². The molecule has 3 aromatic carbocycles. The summed E-state index contributed by atoms with van der Waals surface area (Å²) in [7, 11) is 0.181. The molecule has 10 heteroatoms. The Labute approximate surface area is 224 Å². The molecule has 3 rings (SSSR count). The quantitative estimate of drug-likeness (QED) is 0.401. The number of carbonyl (C=O) groups is 2. The Hall–Kier alpha value is -4.05. The molecule has 0 aliphatic rings. The Morgan fingerprint density at radius 2 is 1.55 bits per heavy atom. The van der Waals surface area contributed by atoms with Crippen molar-refractivity contribution in [1.82, 2.24) is 10.2 Å². The molecule has 9 nitrogen and oxygen atoms in total. The average molecular weight is 540 g/mol. The van der Waals surface area contributed by atoms with E-state index in [1.165, 1.54) is 50.4 Å². The van der Waals surface area contributed by atoms with Crippen LogP contribution in [-0.2, 0) is 26.2 Å². The Morgan fingerprint density at radius 3 is 2.13 bits per heavy atom. The lowest BCUT2D eigenvalue weighted by atomic mass is 10.1.